The first-order chi connectivity index (χ1) is 6.75. The van der Waals surface area contributed by atoms with Crippen molar-refractivity contribution in [3.8, 4) is 0 Å². The third-order valence-corrected chi connectivity index (χ3v) is 1.61. The molecule has 6 heteroatoms. The summed E-state index contributed by atoms with van der Waals surface area (Å²) in [6, 6.07) is 3.32. The van der Waals surface area contributed by atoms with E-state index in [1.807, 2.05) is 0 Å². The number of amides is 1. The molecule has 2 heterocycles. The average Bonchev–Trinajstić information content (AvgIpc) is 2.75. The standard InChI is InChI=1S/C8H8N4O2/c1-5-2-3-6(14-5)7(13)11-8-9-4-10-12-8/h2-4H,1H3,(H2,9,10,11,12,13). The Labute approximate surface area is 79.3 Å². The fourth-order valence-corrected chi connectivity index (χ4v) is 0.991. The van der Waals surface area contributed by atoms with Crippen LogP contribution in [0.15, 0.2) is 22.9 Å². The Kier molecular flexibility index (Phi) is 2.02. The molecule has 2 N–H and O–H groups in total. The lowest BCUT2D eigenvalue weighted by Gasteiger charge is -1.96. The SMILES string of the molecule is Cc1ccc(C(=O)Nc2ncn[nH]2)o1. The number of nitrogens with zero attached hydrogens (tertiary/aromatic N) is 2. The minimum absolute atomic E-state index is 0.249. The smallest absolute Gasteiger partial charge is 0.293 e. The highest BCUT2D eigenvalue weighted by Crippen LogP contribution is 2.07. The van der Waals surface area contributed by atoms with Gasteiger partial charge in [0.1, 0.15) is 12.1 Å². The van der Waals surface area contributed by atoms with E-state index in [1.54, 1.807) is 19.1 Å². The predicted octanol–water partition coefficient (Wildman–Crippen LogP) is 0.958. The van der Waals surface area contributed by atoms with E-state index in [9.17, 15) is 4.79 Å². The van der Waals surface area contributed by atoms with Gasteiger partial charge < -0.3 is 4.42 Å². The molecule has 0 aliphatic carbocycles. The van der Waals surface area contributed by atoms with Crippen LogP contribution in [0.1, 0.15) is 16.3 Å². The Morgan fingerprint density at radius 3 is 3.00 bits per heavy atom. The highest BCUT2D eigenvalue weighted by atomic mass is 16.3. The van der Waals surface area contributed by atoms with E-state index in [2.05, 4.69) is 20.5 Å². The number of anilines is 1. The van der Waals surface area contributed by atoms with Gasteiger partial charge in [-0.1, -0.05) is 0 Å². The number of aryl methyl sites for hydroxylation is 1. The molecule has 2 aromatic heterocycles. The van der Waals surface area contributed by atoms with E-state index < -0.39 is 0 Å². The van der Waals surface area contributed by atoms with E-state index in [0.717, 1.165) is 0 Å². The van der Waals surface area contributed by atoms with Gasteiger partial charge >= 0.3 is 0 Å². The van der Waals surface area contributed by atoms with Crippen molar-refractivity contribution >= 4 is 11.9 Å². The summed E-state index contributed by atoms with van der Waals surface area (Å²) in [4.78, 5) is 15.2. The molecule has 1 amide bonds. The van der Waals surface area contributed by atoms with E-state index in [4.69, 9.17) is 4.42 Å². The van der Waals surface area contributed by atoms with Crippen LogP contribution in [0.25, 0.3) is 0 Å². The van der Waals surface area contributed by atoms with Crippen molar-refractivity contribution < 1.29 is 9.21 Å². The quantitative estimate of drug-likeness (QED) is 0.742. The molecule has 0 radical (unpaired) electrons. The van der Waals surface area contributed by atoms with E-state index >= 15 is 0 Å². The number of hydrogen-bond donors (Lipinski definition) is 2. The van der Waals surface area contributed by atoms with Crippen molar-refractivity contribution in [2.24, 2.45) is 0 Å². The second-order valence-electron chi connectivity index (χ2n) is 2.70. The fraction of sp³-hybridized carbons (Fsp3) is 0.125. The number of aromatic nitrogens is 3. The van der Waals surface area contributed by atoms with Crippen LogP contribution in [-0.2, 0) is 0 Å². The first kappa shape index (κ1) is 8.49. The first-order valence-corrected chi connectivity index (χ1v) is 3.99. The third-order valence-electron chi connectivity index (χ3n) is 1.61. The molecule has 2 rings (SSSR count). The van der Waals surface area contributed by atoms with Gasteiger partial charge in [0.2, 0.25) is 5.95 Å². The second-order valence-corrected chi connectivity index (χ2v) is 2.70. The molecule has 0 saturated heterocycles. The normalized spacial score (nSPS) is 10.1. The molecule has 0 saturated carbocycles. The minimum atomic E-state index is -0.352. The number of rotatable bonds is 2. The summed E-state index contributed by atoms with van der Waals surface area (Å²) in [6.45, 7) is 1.77. The molecule has 72 valence electrons. The van der Waals surface area contributed by atoms with Gasteiger partial charge in [-0.25, -0.2) is 5.10 Å². The molecule has 2 aromatic rings. The number of nitrogens with one attached hydrogen (secondary N) is 2. The Hall–Kier alpha value is -2.11. The molecular formula is C8H8N4O2. The van der Waals surface area contributed by atoms with Gasteiger partial charge in [0.25, 0.3) is 5.91 Å². The second kappa shape index (κ2) is 3.33. The Morgan fingerprint density at radius 2 is 2.43 bits per heavy atom. The molecule has 0 unspecified atom stereocenters. The van der Waals surface area contributed by atoms with Crippen molar-refractivity contribution in [2.75, 3.05) is 5.32 Å². The maximum absolute atomic E-state index is 11.4. The predicted molar refractivity (Wildman–Crippen MR) is 47.8 cm³/mol. The fourth-order valence-electron chi connectivity index (χ4n) is 0.991. The van der Waals surface area contributed by atoms with Gasteiger partial charge in [-0.15, -0.1) is 0 Å². The molecule has 0 fully saturated rings. The summed E-state index contributed by atoms with van der Waals surface area (Å²) in [5.74, 6) is 0.880. The van der Waals surface area contributed by atoms with Gasteiger partial charge in [0.05, 0.1) is 0 Å². The molecule has 0 aliphatic heterocycles. The molecule has 0 spiro atoms. The van der Waals surface area contributed by atoms with Gasteiger partial charge in [0, 0.05) is 0 Å². The van der Waals surface area contributed by atoms with Crippen molar-refractivity contribution in [3.05, 3.63) is 30.0 Å². The van der Waals surface area contributed by atoms with Crippen LogP contribution in [0, 0.1) is 6.92 Å². The van der Waals surface area contributed by atoms with Crippen molar-refractivity contribution in [1.82, 2.24) is 15.2 Å². The van der Waals surface area contributed by atoms with E-state index in [-0.39, 0.29) is 11.7 Å². The van der Waals surface area contributed by atoms with Crippen molar-refractivity contribution in [1.29, 1.82) is 0 Å². The maximum Gasteiger partial charge on any atom is 0.293 e. The van der Waals surface area contributed by atoms with Gasteiger partial charge in [-0.3, -0.25) is 10.1 Å². The number of aromatic amines is 1. The Balaban J connectivity index is 2.10. The zero-order chi connectivity index (χ0) is 9.97. The zero-order valence-electron chi connectivity index (χ0n) is 7.44. The molecule has 6 nitrogen and oxygen atoms in total. The number of carbonyl (C=O) groups excluding carboxylic acids is 1. The molecular weight excluding hydrogens is 184 g/mol. The molecule has 14 heavy (non-hydrogen) atoms. The van der Waals surface area contributed by atoms with Crippen molar-refractivity contribution in [3.63, 3.8) is 0 Å². The number of carbonyl (C=O) groups is 1. The Morgan fingerprint density at radius 1 is 1.57 bits per heavy atom. The van der Waals surface area contributed by atoms with Crippen LogP contribution in [0.2, 0.25) is 0 Å². The largest absolute Gasteiger partial charge is 0.456 e. The van der Waals surface area contributed by atoms with Gasteiger partial charge in [-0.2, -0.15) is 10.1 Å². The number of H-pyrrole nitrogens is 1. The highest BCUT2D eigenvalue weighted by molar-refractivity contribution is 6.01. The van der Waals surface area contributed by atoms with Crippen LogP contribution >= 0.6 is 0 Å². The van der Waals surface area contributed by atoms with Crippen molar-refractivity contribution in [2.45, 2.75) is 6.92 Å². The summed E-state index contributed by atoms with van der Waals surface area (Å²) in [7, 11) is 0. The number of furan rings is 1. The minimum Gasteiger partial charge on any atom is -0.456 e. The maximum atomic E-state index is 11.4. The summed E-state index contributed by atoms with van der Waals surface area (Å²) >= 11 is 0. The monoisotopic (exact) mass is 192 g/mol. The number of hydrogen-bond acceptors (Lipinski definition) is 4. The van der Waals surface area contributed by atoms with E-state index in [0.29, 0.717) is 11.7 Å². The topological polar surface area (TPSA) is 83.8 Å². The lowest BCUT2D eigenvalue weighted by Crippen LogP contribution is -2.11. The lowest BCUT2D eigenvalue weighted by atomic mass is 10.4. The van der Waals surface area contributed by atoms with Gasteiger partial charge in [0.15, 0.2) is 5.76 Å². The summed E-state index contributed by atoms with van der Waals surface area (Å²) < 4.78 is 5.12. The average molecular weight is 192 g/mol. The van der Waals surface area contributed by atoms with Gasteiger partial charge in [-0.05, 0) is 19.1 Å². The summed E-state index contributed by atoms with van der Waals surface area (Å²) in [5.41, 5.74) is 0. The molecule has 0 aliphatic rings. The van der Waals surface area contributed by atoms with Crippen LogP contribution < -0.4 is 5.32 Å². The third kappa shape index (κ3) is 1.63. The van der Waals surface area contributed by atoms with Crippen LogP contribution in [-0.4, -0.2) is 21.1 Å². The molecule has 0 aromatic carbocycles. The highest BCUT2D eigenvalue weighted by Gasteiger charge is 2.10. The molecule has 0 bridgehead atoms. The summed E-state index contributed by atoms with van der Waals surface area (Å²) in [6.07, 6.45) is 1.31. The Bertz CT molecular complexity index is 432. The summed E-state index contributed by atoms with van der Waals surface area (Å²) in [5, 5.41) is 8.59. The first-order valence-electron chi connectivity index (χ1n) is 3.99. The zero-order valence-corrected chi connectivity index (χ0v) is 7.44. The molecule has 0 atom stereocenters. The lowest BCUT2D eigenvalue weighted by molar-refractivity contribution is 0.0994. The van der Waals surface area contributed by atoms with Crippen LogP contribution in [0.4, 0.5) is 5.95 Å². The van der Waals surface area contributed by atoms with Crippen LogP contribution in [0.3, 0.4) is 0 Å². The van der Waals surface area contributed by atoms with E-state index in [1.165, 1.54) is 6.33 Å². The van der Waals surface area contributed by atoms with Crippen LogP contribution in [0.5, 0.6) is 0 Å².